The Balaban J connectivity index is 1.80. The largest absolute Gasteiger partial charge is 0.378 e. The summed E-state index contributed by atoms with van der Waals surface area (Å²) in [5, 5.41) is 3.30. The van der Waals surface area contributed by atoms with Crippen molar-refractivity contribution in [1.82, 2.24) is 4.90 Å². The number of fused-ring (bicyclic) bond motifs is 1. The highest BCUT2D eigenvalue weighted by atomic mass is 32.1. The van der Waals surface area contributed by atoms with Crippen LogP contribution >= 0.6 is 11.3 Å². The van der Waals surface area contributed by atoms with Gasteiger partial charge in [-0.25, -0.2) is 0 Å². The summed E-state index contributed by atoms with van der Waals surface area (Å²) in [5.74, 6) is 0.0990. The molecule has 24 heavy (non-hydrogen) atoms. The van der Waals surface area contributed by atoms with Crippen LogP contribution in [0.5, 0.6) is 0 Å². The van der Waals surface area contributed by atoms with Gasteiger partial charge in [-0.2, -0.15) is 0 Å². The van der Waals surface area contributed by atoms with Crippen LogP contribution in [0.1, 0.15) is 15.9 Å². The number of ether oxygens (including phenoxy) is 1. The molecule has 0 bridgehead atoms. The Morgan fingerprint density at radius 1 is 1.08 bits per heavy atom. The summed E-state index contributed by atoms with van der Waals surface area (Å²) in [6.45, 7) is 4.67. The van der Waals surface area contributed by atoms with Gasteiger partial charge in [0.15, 0.2) is 0 Å². The first-order valence-electron chi connectivity index (χ1n) is 8.18. The molecule has 1 aliphatic heterocycles. The summed E-state index contributed by atoms with van der Waals surface area (Å²) in [6.07, 6.45) is 0. The van der Waals surface area contributed by atoms with Gasteiger partial charge in [0.25, 0.3) is 5.91 Å². The molecule has 0 unspecified atom stereocenters. The molecule has 2 aromatic carbocycles. The number of aryl methyl sites for hydroxylation is 1. The molecule has 0 radical (unpaired) electrons. The topological polar surface area (TPSA) is 29.5 Å². The molecule has 2 heterocycles. The number of hydrogen-bond donors (Lipinski definition) is 0. The van der Waals surface area contributed by atoms with E-state index >= 15 is 0 Å². The number of hydrogen-bond acceptors (Lipinski definition) is 3. The molecular weight excluding hydrogens is 318 g/mol. The minimum absolute atomic E-state index is 0.0990. The second-order valence-electron chi connectivity index (χ2n) is 6.13. The summed E-state index contributed by atoms with van der Waals surface area (Å²) in [7, 11) is 0. The lowest BCUT2D eigenvalue weighted by Gasteiger charge is -2.27. The molecular formula is C20H19NO2S. The first-order valence-corrected chi connectivity index (χ1v) is 9.06. The molecule has 0 aliphatic carbocycles. The highest BCUT2D eigenvalue weighted by molar-refractivity contribution is 7.17. The summed E-state index contributed by atoms with van der Waals surface area (Å²) in [6, 6.07) is 14.7. The number of amides is 1. The van der Waals surface area contributed by atoms with Crippen LogP contribution < -0.4 is 0 Å². The Morgan fingerprint density at radius 3 is 2.58 bits per heavy atom. The molecule has 1 fully saturated rings. The van der Waals surface area contributed by atoms with Crippen molar-refractivity contribution in [3.05, 3.63) is 59.0 Å². The SMILES string of the molecule is Cc1ccc(-c2cc(C(=O)N3CCOCC3)cc3sccc23)cc1. The van der Waals surface area contributed by atoms with Crippen molar-refractivity contribution in [2.24, 2.45) is 0 Å². The second kappa shape index (κ2) is 6.38. The fourth-order valence-corrected chi connectivity index (χ4v) is 3.97. The lowest BCUT2D eigenvalue weighted by Crippen LogP contribution is -2.40. The van der Waals surface area contributed by atoms with E-state index in [1.807, 2.05) is 17.0 Å². The Kier molecular flexibility index (Phi) is 4.08. The molecule has 1 saturated heterocycles. The predicted molar refractivity (Wildman–Crippen MR) is 98.7 cm³/mol. The van der Waals surface area contributed by atoms with Crippen molar-refractivity contribution in [3.63, 3.8) is 0 Å². The van der Waals surface area contributed by atoms with E-state index in [2.05, 4.69) is 42.6 Å². The molecule has 3 nitrogen and oxygen atoms in total. The molecule has 0 spiro atoms. The van der Waals surface area contributed by atoms with E-state index in [1.54, 1.807) is 11.3 Å². The third-order valence-corrected chi connectivity index (χ3v) is 5.34. The minimum Gasteiger partial charge on any atom is -0.378 e. The van der Waals surface area contributed by atoms with E-state index in [1.165, 1.54) is 10.9 Å². The first-order chi connectivity index (χ1) is 11.7. The number of carbonyl (C=O) groups is 1. The van der Waals surface area contributed by atoms with Crippen molar-refractivity contribution in [2.45, 2.75) is 6.92 Å². The molecule has 1 amide bonds. The maximum atomic E-state index is 12.9. The minimum atomic E-state index is 0.0990. The zero-order valence-corrected chi connectivity index (χ0v) is 14.4. The molecule has 0 atom stereocenters. The number of benzene rings is 2. The van der Waals surface area contributed by atoms with Gasteiger partial charge in [-0.15, -0.1) is 11.3 Å². The maximum Gasteiger partial charge on any atom is 0.254 e. The van der Waals surface area contributed by atoms with Gasteiger partial charge in [-0.3, -0.25) is 4.79 Å². The average Bonchev–Trinajstić information content (AvgIpc) is 3.10. The Morgan fingerprint density at radius 2 is 1.83 bits per heavy atom. The van der Waals surface area contributed by atoms with Gasteiger partial charge in [0.05, 0.1) is 13.2 Å². The van der Waals surface area contributed by atoms with E-state index in [0.717, 1.165) is 21.4 Å². The summed E-state index contributed by atoms with van der Waals surface area (Å²) in [4.78, 5) is 14.8. The normalized spacial score (nSPS) is 15.0. The highest BCUT2D eigenvalue weighted by Crippen LogP contribution is 2.34. The van der Waals surface area contributed by atoms with Crippen molar-refractivity contribution in [3.8, 4) is 11.1 Å². The van der Waals surface area contributed by atoms with Gasteiger partial charge in [-0.05, 0) is 41.6 Å². The van der Waals surface area contributed by atoms with Crippen LogP contribution in [0.2, 0.25) is 0 Å². The molecule has 122 valence electrons. The van der Waals surface area contributed by atoms with Gasteiger partial charge < -0.3 is 9.64 Å². The molecule has 4 heteroatoms. The molecule has 3 aromatic rings. The first kappa shape index (κ1) is 15.4. The number of rotatable bonds is 2. The Labute approximate surface area is 145 Å². The molecule has 0 N–H and O–H groups in total. The van der Waals surface area contributed by atoms with Crippen LogP contribution in [-0.2, 0) is 4.74 Å². The van der Waals surface area contributed by atoms with Crippen LogP contribution in [0, 0.1) is 6.92 Å². The van der Waals surface area contributed by atoms with Crippen molar-refractivity contribution < 1.29 is 9.53 Å². The third-order valence-electron chi connectivity index (χ3n) is 4.48. The molecule has 0 saturated carbocycles. The Hall–Kier alpha value is -2.17. The summed E-state index contributed by atoms with van der Waals surface area (Å²) < 4.78 is 6.51. The summed E-state index contributed by atoms with van der Waals surface area (Å²) >= 11 is 1.68. The van der Waals surface area contributed by atoms with Gasteiger partial charge in [0, 0.05) is 28.7 Å². The fraction of sp³-hybridized carbons (Fsp3) is 0.250. The predicted octanol–water partition coefficient (Wildman–Crippen LogP) is 4.35. The van der Waals surface area contributed by atoms with Gasteiger partial charge in [0.2, 0.25) is 0 Å². The average molecular weight is 337 g/mol. The fourth-order valence-electron chi connectivity index (χ4n) is 3.12. The quantitative estimate of drug-likeness (QED) is 0.696. The van der Waals surface area contributed by atoms with E-state index in [0.29, 0.717) is 26.3 Å². The number of thiophene rings is 1. The standard InChI is InChI=1S/C20H19NO2S/c1-14-2-4-15(5-3-14)18-12-16(13-19-17(18)6-11-24-19)20(22)21-7-9-23-10-8-21/h2-6,11-13H,7-10H2,1H3. The highest BCUT2D eigenvalue weighted by Gasteiger charge is 2.20. The lowest BCUT2D eigenvalue weighted by molar-refractivity contribution is 0.0303. The Bertz CT molecular complexity index is 876. The smallest absolute Gasteiger partial charge is 0.254 e. The van der Waals surface area contributed by atoms with Crippen molar-refractivity contribution in [1.29, 1.82) is 0 Å². The monoisotopic (exact) mass is 337 g/mol. The van der Waals surface area contributed by atoms with Crippen LogP contribution in [0.4, 0.5) is 0 Å². The van der Waals surface area contributed by atoms with Crippen molar-refractivity contribution >= 4 is 27.3 Å². The van der Waals surface area contributed by atoms with Crippen LogP contribution in [0.3, 0.4) is 0 Å². The van der Waals surface area contributed by atoms with Crippen molar-refractivity contribution in [2.75, 3.05) is 26.3 Å². The van der Waals surface area contributed by atoms with Crippen LogP contribution in [-0.4, -0.2) is 37.1 Å². The number of carbonyl (C=O) groups excluding carboxylic acids is 1. The maximum absolute atomic E-state index is 12.9. The second-order valence-corrected chi connectivity index (χ2v) is 7.07. The zero-order chi connectivity index (χ0) is 16.5. The van der Waals surface area contributed by atoms with Gasteiger partial charge in [0.1, 0.15) is 0 Å². The van der Waals surface area contributed by atoms with Gasteiger partial charge in [-0.1, -0.05) is 29.8 Å². The van der Waals surface area contributed by atoms with Crippen LogP contribution in [0.25, 0.3) is 21.2 Å². The summed E-state index contributed by atoms with van der Waals surface area (Å²) in [5.41, 5.74) is 4.29. The van der Waals surface area contributed by atoms with E-state index in [9.17, 15) is 4.79 Å². The lowest BCUT2D eigenvalue weighted by atomic mass is 9.98. The van der Waals surface area contributed by atoms with E-state index in [4.69, 9.17) is 4.74 Å². The molecule has 1 aromatic heterocycles. The third kappa shape index (κ3) is 2.83. The molecule has 4 rings (SSSR count). The zero-order valence-electron chi connectivity index (χ0n) is 13.6. The molecule has 1 aliphatic rings. The number of nitrogens with zero attached hydrogens (tertiary/aromatic N) is 1. The van der Waals surface area contributed by atoms with Crippen LogP contribution in [0.15, 0.2) is 47.8 Å². The van der Waals surface area contributed by atoms with E-state index in [-0.39, 0.29) is 5.91 Å². The van der Waals surface area contributed by atoms with Gasteiger partial charge >= 0.3 is 0 Å². The van der Waals surface area contributed by atoms with E-state index < -0.39 is 0 Å². The number of morpholine rings is 1.